The highest BCUT2D eigenvalue weighted by molar-refractivity contribution is 7.13. The smallest absolute Gasteiger partial charge is 0.323 e. The summed E-state index contributed by atoms with van der Waals surface area (Å²) in [6, 6.07) is 5.23. The van der Waals surface area contributed by atoms with Crippen LogP contribution in [0.15, 0.2) is 23.6 Å². The van der Waals surface area contributed by atoms with E-state index >= 15 is 0 Å². The van der Waals surface area contributed by atoms with Crippen LogP contribution in [0.5, 0.6) is 0 Å². The minimum absolute atomic E-state index is 0.131. The SMILES string of the molecule is Cc1ccc(NC(=O)Cc2csc(NC(=O)N3CCN(C)CC3)n2)cc1Cl. The number of hydrogen-bond acceptors (Lipinski definition) is 5. The summed E-state index contributed by atoms with van der Waals surface area (Å²) in [6.07, 6.45) is 0.131. The molecule has 2 N–H and O–H groups in total. The number of nitrogens with one attached hydrogen (secondary N) is 2. The maximum absolute atomic E-state index is 12.3. The van der Waals surface area contributed by atoms with Crippen LogP contribution < -0.4 is 10.6 Å². The molecule has 0 aliphatic carbocycles. The average Bonchev–Trinajstić information content (AvgIpc) is 3.05. The molecule has 0 bridgehead atoms. The molecule has 1 aliphatic heterocycles. The zero-order chi connectivity index (χ0) is 19.4. The summed E-state index contributed by atoms with van der Waals surface area (Å²) < 4.78 is 0. The third-order valence-corrected chi connectivity index (χ3v) is 5.57. The molecule has 0 atom stereocenters. The number of carbonyl (C=O) groups excluding carboxylic acids is 2. The van der Waals surface area contributed by atoms with Gasteiger partial charge in [-0.3, -0.25) is 10.1 Å². The van der Waals surface area contributed by atoms with Crippen molar-refractivity contribution in [2.45, 2.75) is 13.3 Å². The van der Waals surface area contributed by atoms with Crippen LogP contribution in [0.1, 0.15) is 11.3 Å². The number of piperazine rings is 1. The molecular weight excluding hydrogens is 386 g/mol. The third-order valence-electron chi connectivity index (χ3n) is 4.35. The van der Waals surface area contributed by atoms with Gasteiger partial charge in [0.2, 0.25) is 5.91 Å². The van der Waals surface area contributed by atoms with Crippen LogP contribution in [0, 0.1) is 6.92 Å². The summed E-state index contributed by atoms with van der Waals surface area (Å²) in [5, 5.41) is 8.50. The number of thiazole rings is 1. The highest BCUT2D eigenvalue weighted by atomic mass is 35.5. The first kappa shape index (κ1) is 19.6. The normalized spacial score (nSPS) is 14.9. The Morgan fingerprint density at radius 2 is 1.96 bits per heavy atom. The molecule has 27 heavy (non-hydrogen) atoms. The zero-order valence-electron chi connectivity index (χ0n) is 15.3. The van der Waals surface area contributed by atoms with Crippen LogP contribution in [0.3, 0.4) is 0 Å². The molecule has 1 aliphatic rings. The molecule has 0 spiro atoms. The lowest BCUT2D eigenvalue weighted by Crippen LogP contribution is -2.48. The lowest BCUT2D eigenvalue weighted by Gasteiger charge is -2.32. The number of carbonyl (C=O) groups is 2. The predicted octanol–water partition coefficient (Wildman–Crippen LogP) is 3.07. The van der Waals surface area contributed by atoms with Gasteiger partial charge in [-0.05, 0) is 31.7 Å². The highest BCUT2D eigenvalue weighted by Gasteiger charge is 2.20. The predicted molar refractivity (Wildman–Crippen MR) is 109 cm³/mol. The van der Waals surface area contributed by atoms with E-state index < -0.39 is 0 Å². The van der Waals surface area contributed by atoms with Crippen LogP contribution in [-0.2, 0) is 11.2 Å². The van der Waals surface area contributed by atoms with E-state index in [0.29, 0.717) is 34.6 Å². The Morgan fingerprint density at radius 3 is 2.67 bits per heavy atom. The fourth-order valence-electron chi connectivity index (χ4n) is 2.67. The number of likely N-dealkylation sites (N-methyl/N-ethyl adjacent to an activating group) is 1. The average molecular weight is 408 g/mol. The zero-order valence-corrected chi connectivity index (χ0v) is 16.9. The molecule has 2 heterocycles. The number of anilines is 2. The van der Waals surface area contributed by atoms with Gasteiger partial charge in [0.1, 0.15) is 0 Å². The van der Waals surface area contributed by atoms with E-state index in [1.54, 1.807) is 16.3 Å². The summed E-state index contributed by atoms with van der Waals surface area (Å²) >= 11 is 7.39. The van der Waals surface area contributed by atoms with Crippen molar-refractivity contribution in [3.63, 3.8) is 0 Å². The van der Waals surface area contributed by atoms with E-state index in [4.69, 9.17) is 11.6 Å². The van der Waals surface area contributed by atoms with Gasteiger partial charge in [0, 0.05) is 42.3 Å². The van der Waals surface area contributed by atoms with Gasteiger partial charge in [-0.1, -0.05) is 17.7 Å². The number of aromatic nitrogens is 1. The highest BCUT2D eigenvalue weighted by Crippen LogP contribution is 2.21. The summed E-state index contributed by atoms with van der Waals surface area (Å²) in [5.74, 6) is -0.183. The van der Waals surface area contributed by atoms with Crippen molar-refractivity contribution in [3.05, 3.63) is 39.9 Å². The first-order chi connectivity index (χ1) is 12.9. The fourth-order valence-corrected chi connectivity index (χ4v) is 3.55. The van der Waals surface area contributed by atoms with Gasteiger partial charge in [0.05, 0.1) is 12.1 Å². The molecule has 0 unspecified atom stereocenters. The van der Waals surface area contributed by atoms with Crippen LogP contribution >= 0.6 is 22.9 Å². The van der Waals surface area contributed by atoms with E-state index in [1.807, 2.05) is 26.1 Å². The summed E-state index contributed by atoms with van der Waals surface area (Å²) in [5.41, 5.74) is 2.22. The molecule has 1 aromatic heterocycles. The molecule has 144 valence electrons. The third kappa shape index (κ3) is 5.41. The molecule has 1 aromatic carbocycles. The van der Waals surface area contributed by atoms with Crippen molar-refractivity contribution < 1.29 is 9.59 Å². The quantitative estimate of drug-likeness (QED) is 0.816. The number of hydrogen-bond donors (Lipinski definition) is 2. The van der Waals surface area contributed by atoms with Crippen LogP contribution in [0.25, 0.3) is 0 Å². The maximum Gasteiger partial charge on any atom is 0.323 e. The van der Waals surface area contributed by atoms with Gasteiger partial charge in [-0.15, -0.1) is 11.3 Å². The molecule has 0 saturated carbocycles. The minimum Gasteiger partial charge on any atom is -0.326 e. The lowest BCUT2D eigenvalue weighted by molar-refractivity contribution is -0.115. The van der Waals surface area contributed by atoms with Gasteiger partial charge < -0.3 is 15.1 Å². The Morgan fingerprint density at radius 1 is 1.22 bits per heavy atom. The first-order valence-electron chi connectivity index (χ1n) is 8.65. The van der Waals surface area contributed by atoms with Gasteiger partial charge in [0.15, 0.2) is 5.13 Å². The van der Waals surface area contributed by atoms with E-state index in [9.17, 15) is 9.59 Å². The van der Waals surface area contributed by atoms with E-state index in [2.05, 4.69) is 20.5 Å². The maximum atomic E-state index is 12.3. The Hall–Kier alpha value is -2.16. The molecule has 3 amide bonds. The van der Waals surface area contributed by atoms with Crippen molar-refractivity contribution in [2.24, 2.45) is 0 Å². The molecular formula is C18H22ClN5O2S. The molecule has 2 aromatic rings. The lowest BCUT2D eigenvalue weighted by atomic mass is 10.2. The Kier molecular flexibility index (Phi) is 6.30. The van der Waals surface area contributed by atoms with Crippen molar-refractivity contribution in [1.82, 2.24) is 14.8 Å². The van der Waals surface area contributed by atoms with E-state index in [1.165, 1.54) is 11.3 Å². The molecule has 1 fully saturated rings. The van der Waals surface area contributed by atoms with Gasteiger partial charge >= 0.3 is 6.03 Å². The number of nitrogens with zero attached hydrogens (tertiary/aromatic N) is 3. The van der Waals surface area contributed by atoms with E-state index in [-0.39, 0.29) is 18.4 Å². The number of aryl methyl sites for hydroxylation is 1. The van der Waals surface area contributed by atoms with Gasteiger partial charge in [-0.2, -0.15) is 0 Å². The topological polar surface area (TPSA) is 77.6 Å². The second-order valence-corrected chi connectivity index (χ2v) is 7.82. The van der Waals surface area contributed by atoms with Crippen molar-refractivity contribution in [3.8, 4) is 0 Å². The number of benzene rings is 1. The Labute approximate surface area is 167 Å². The number of halogens is 1. The Balaban J connectivity index is 1.52. The van der Waals surface area contributed by atoms with Crippen LogP contribution in [0.4, 0.5) is 15.6 Å². The molecule has 1 saturated heterocycles. The van der Waals surface area contributed by atoms with Gasteiger partial charge in [-0.25, -0.2) is 9.78 Å². The fraction of sp³-hybridized carbons (Fsp3) is 0.389. The number of urea groups is 1. The van der Waals surface area contributed by atoms with E-state index in [0.717, 1.165) is 18.7 Å². The molecule has 7 nitrogen and oxygen atoms in total. The summed E-state index contributed by atoms with van der Waals surface area (Å²) in [6.45, 7) is 5.02. The first-order valence-corrected chi connectivity index (χ1v) is 9.91. The monoisotopic (exact) mass is 407 g/mol. The summed E-state index contributed by atoms with van der Waals surface area (Å²) in [4.78, 5) is 32.8. The number of rotatable bonds is 4. The molecule has 0 radical (unpaired) electrons. The second-order valence-electron chi connectivity index (χ2n) is 6.55. The largest absolute Gasteiger partial charge is 0.326 e. The van der Waals surface area contributed by atoms with Crippen LogP contribution in [0.2, 0.25) is 5.02 Å². The van der Waals surface area contributed by atoms with Crippen LogP contribution in [-0.4, -0.2) is 59.9 Å². The molecule has 9 heteroatoms. The Bertz CT molecular complexity index is 833. The van der Waals surface area contributed by atoms with Crippen molar-refractivity contribution in [2.75, 3.05) is 43.9 Å². The second kappa shape index (κ2) is 8.69. The minimum atomic E-state index is -0.183. The molecule has 3 rings (SSSR count). The summed E-state index contributed by atoms with van der Waals surface area (Å²) in [7, 11) is 2.04. The van der Waals surface area contributed by atoms with Crippen molar-refractivity contribution in [1.29, 1.82) is 0 Å². The van der Waals surface area contributed by atoms with Crippen molar-refractivity contribution >= 4 is 45.7 Å². The number of amides is 3. The van der Waals surface area contributed by atoms with Gasteiger partial charge in [0.25, 0.3) is 0 Å². The standard InChI is InChI=1S/C18H22ClN5O2S/c1-12-3-4-13(9-15(12)19)20-16(25)10-14-11-27-17(21-14)22-18(26)24-7-5-23(2)6-8-24/h3-4,9,11H,5-8,10H2,1-2H3,(H,20,25)(H,21,22,26).